The predicted octanol–water partition coefficient (Wildman–Crippen LogP) is 1.84. The van der Waals surface area contributed by atoms with Crippen LogP contribution in [0.25, 0.3) is 0 Å². The van der Waals surface area contributed by atoms with Crippen LogP contribution in [0.4, 0.5) is 0 Å². The van der Waals surface area contributed by atoms with Gasteiger partial charge in [0.05, 0.1) is 13.2 Å². The van der Waals surface area contributed by atoms with Crippen LogP contribution in [0.3, 0.4) is 0 Å². The Balaban J connectivity index is 1.66. The molecule has 1 aromatic heterocycles. The van der Waals surface area contributed by atoms with Gasteiger partial charge in [0.15, 0.2) is 0 Å². The minimum Gasteiger partial charge on any atom is -0.497 e. The van der Waals surface area contributed by atoms with Crippen molar-refractivity contribution < 1.29 is 9.53 Å². The number of rotatable bonds is 7. The average Bonchev–Trinajstić information content (AvgIpc) is 3.29. The van der Waals surface area contributed by atoms with Crippen molar-refractivity contribution in [1.82, 2.24) is 20.0 Å². The summed E-state index contributed by atoms with van der Waals surface area (Å²) in [5, 5.41) is 7.12. The molecular formula is C18H24N4O2. The summed E-state index contributed by atoms with van der Waals surface area (Å²) < 4.78 is 6.98. The minimum atomic E-state index is -0.0224. The van der Waals surface area contributed by atoms with E-state index < -0.39 is 0 Å². The van der Waals surface area contributed by atoms with Crippen LogP contribution >= 0.6 is 0 Å². The Morgan fingerprint density at radius 2 is 2.17 bits per heavy atom. The highest BCUT2D eigenvalue weighted by molar-refractivity contribution is 5.75. The zero-order chi connectivity index (χ0) is 16.8. The quantitative estimate of drug-likeness (QED) is 0.843. The van der Waals surface area contributed by atoms with Gasteiger partial charge in [-0.05, 0) is 49.7 Å². The predicted molar refractivity (Wildman–Crippen MR) is 91.8 cm³/mol. The van der Waals surface area contributed by atoms with Gasteiger partial charge in [0, 0.05) is 18.9 Å². The van der Waals surface area contributed by atoms with Gasteiger partial charge in [0.25, 0.3) is 0 Å². The fourth-order valence-electron chi connectivity index (χ4n) is 3.17. The van der Waals surface area contributed by atoms with Crippen LogP contribution in [-0.2, 0) is 11.3 Å². The lowest BCUT2D eigenvalue weighted by Crippen LogP contribution is -2.38. The van der Waals surface area contributed by atoms with Gasteiger partial charge >= 0.3 is 0 Å². The van der Waals surface area contributed by atoms with E-state index in [1.807, 2.05) is 18.2 Å². The molecule has 6 heteroatoms. The molecule has 0 aliphatic carbocycles. The van der Waals surface area contributed by atoms with Gasteiger partial charge in [-0.15, -0.1) is 0 Å². The molecule has 1 aromatic carbocycles. The number of aromatic nitrogens is 2. The van der Waals surface area contributed by atoms with Crippen LogP contribution in [0.2, 0.25) is 0 Å². The molecule has 1 atom stereocenters. The molecule has 2 heterocycles. The molecule has 0 bridgehead atoms. The highest BCUT2D eigenvalue weighted by Gasteiger charge is 2.24. The smallest absolute Gasteiger partial charge is 0.241 e. The largest absolute Gasteiger partial charge is 0.497 e. The Bertz CT molecular complexity index is 651. The maximum atomic E-state index is 12.2. The first-order valence-electron chi connectivity index (χ1n) is 8.38. The third-order valence-corrected chi connectivity index (χ3v) is 4.42. The van der Waals surface area contributed by atoms with Crippen LogP contribution in [0.15, 0.2) is 42.7 Å². The SMILES string of the molecule is COc1cccc(C(CNC(=O)Cn2cccn2)N2CCCC2)c1. The van der Waals surface area contributed by atoms with Crippen molar-refractivity contribution in [3.8, 4) is 5.75 Å². The van der Waals surface area contributed by atoms with E-state index in [1.165, 1.54) is 18.4 Å². The van der Waals surface area contributed by atoms with Crippen LogP contribution < -0.4 is 10.1 Å². The second-order valence-corrected chi connectivity index (χ2v) is 6.04. The Labute approximate surface area is 142 Å². The summed E-state index contributed by atoms with van der Waals surface area (Å²) in [6, 6.07) is 10.1. The first kappa shape index (κ1) is 16.5. The molecule has 1 N–H and O–H groups in total. The third kappa shape index (κ3) is 4.14. The molecule has 6 nitrogen and oxygen atoms in total. The van der Waals surface area contributed by atoms with Crippen molar-refractivity contribution in [2.45, 2.75) is 25.4 Å². The first-order valence-corrected chi connectivity index (χ1v) is 8.38. The molecule has 0 radical (unpaired) electrons. The number of methoxy groups -OCH3 is 1. The van der Waals surface area contributed by atoms with Gasteiger partial charge in [0.1, 0.15) is 12.3 Å². The zero-order valence-electron chi connectivity index (χ0n) is 14.0. The van der Waals surface area contributed by atoms with Crippen molar-refractivity contribution >= 4 is 5.91 Å². The molecule has 0 saturated carbocycles. The van der Waals surface area contributed by atoms with Gasteiger partial charge < -0.3 is 10.1 Å². The van der Waals surface area contributed by atoms with E-state index in [0.29, 0.717) is 6.54 Å². The summed E-state index contributed by atoms with van der Waals surface area (Å²) in [7, 11) is 1.68. The lowest BCUT2D eigenvalue weighted by Gasteiger charge is -2.28. The number of hydrogen-bond donors (Lipinski definition) is 1. The van der Waals surface area contributed by atoms with E-state index in [4.69, 9.17) is 4.74 Å². The molecule has 1 aliphatic heterocycles. The molecule has 1 saturated heterocycles. The van der Waals surface area contributed by atoms with Gasteiger partial charge in [-0.2, -0.15) is 5.10 Å². The van der Waals surface area contributed by atoms with Crippen LogP contribution in [0, 0.1) is 0 Å². The van der Waals surface area contributed by atoms with Crippen LogP contribution in [0.5, 0.6) is 5.75 Å². The normalized spacial score (nSPS) is 16.0. The van der Waals surface area contributed by atoms with Crippen molar-refractivity contribution in [3.05, 3.63) is 48.3 Å². The fraction of sp³-hybridized carbons (Fsp3) is 0.444. The maximum absolute atomic E-state index is 12.2. The summed E-state index contributed by atoms with van der Waals surface area (Å²) in [6.07, 6.45) is 5.89. The van der Waals surface area contributed by atoms with Gasteiger partial charge in [0.2, 0.25) is 5.91 Å². The molecule has 1 amide bonds. The molecule has 24 heavy (non-hydrogen) atoms. The third-order valence-electron chi connectivity index (χ3n) is 4.42. The van der Waals surface area contributed by atoms with Crippen molar-refractivity contribution in [1.29, 1.82) is 0 Å². The molecule has 3 rings (SSSR count). The number of hydrogen-bond acceptors (Lipinski definition) is 4. The second-order valence-electron chi connectivity index (χ2n) is 6.04. The monoisotopic (exact) mass is 328 g/mol. The average molecular weight is 328 g/mol. The fourth-order valence-corrected chi connectivity index (χ4v) is 3.17. The van der Waals surface area contributed by atoms with E-state index >= 15 is 0 Å². The summed E-state index contributed by atoms with van der Waals surface area (Å²) in [4.78, 5) is 14.6. The summed E-state index contributed by atoms with van der Waals surface area (Å²) in [5.41, 5.74) is 1.18. The molecule has 2 aromatic rings. The lowest BCUT2D eigenvalue weighted by atomic mass is 10.0. The Hall–Kier alpha value is -2.34. The summed E-state index contributed by atoms with van der Waals surface area (Å²) >= 11 is 0. The number of nitrogens with one attached hydrogen (secondary N) is 1. The van der Waals surface area contributed by atoms with E-state index in [1.54, 1.807) is 24.2 Å². The summed E-state index contributed by atoms with van der Waals surface area (Å²) in [6.45, 7) is 2.97. The Morgan fingerprint density at radius 1 is 1.33 bits per heavy atom. The number of likely N-dealkylation sites (tertiary alicyclic amines) is 1. The molecule has 1 aliphatic rings. The standard InChI is InChI=1S/C18H24N4O2/c1-24-16-7-4-6-15(12-16)17(21-9-2-3-10-21)13-19-18(23)14-22-11-5-8-20-22/h4-8,11-12,17H,2-3,9-10,13-14H2,1H3,(H,19,23). The number of carbonyl (C=O) groups is 1. The first-order chi connectivity index (χ1) is 11.8. The number of benzene rings is 1. The van der Waals surface area contributed by atoms with Crippen molar-refractivity contribution in [2.24, 2.45) is 0 Å². The van der Waals surface area contributed by atoms with Crippen molar-refractivity contribution in [3.63, 3.8) is 0 Å². The second kappa shape index (κ2) is 7.97. The minimum absolute atomic E-state index is 0.0224. The topological polar surface area (TPSA) is 59.4 Å². The van der Waals surface area contributed by atoms with E-state index in [9.17, 15) is 4.79 Å². The lowest BCUT2D eigenvalue weighted by molar-refractivity contribution is -0.122. The zero-order valence-corrected chi connectivity index (χ0v) is 14.0. The van der Waals surface area contributed by atoms with E-state index in [-0.39, 0.29) is 18.5 Å². The van der Waals surface area contributed by atoms with Crippen LogP contribution in [0.1, 0.15) is 24.4 Å². The molecular weight excluding hydrogens is 304 g/mol. The van der Waals surface area contributed by atoms with Gasteiger partial charge in [-0.3, -0.25) is 14.4 Å². The number of amides is 1. The van der Waals surface area contributed by atoms with Crippen molar-refractivity contribution in [2.75, 3.05) is 26.7 Å². The molecule has 128 valence electrons. The number of ether oxygens (including phenoxy) is 1. The molecule has 0 spiro atoms. The Morgan fingerprint density at radius 3 is 2.88 bits per heavy atom. The number of nitrogens with zero attached hydrogens (tertiary/aromatic N) is 3. The highest BCUT2D eigenvalue weighted by atomic mass is 16.5. The van der Waals surface area contributed by atoms with E-state index in [2.05, 4.69) is 27.4 Å². The van der Waals surface area contributed by atoms with Gasteiger partial charge in [-0.25, -0.2) is 0 Å². The number of carbonyl (C=O) groups excluding carboxylic acids is 1. The Kier molecular flexibility index (Phi) is 5.48. The molecule has 1 unspecified atom stereocenters. The van der Waals surface area contributed by atoms with E-state index in [0.717, 1.165) is 18.8 Å². The summed E-state index contributed by atoms with van der Waals surface area (Å²) in [5.74, 6) is 0.824. The molecule has 1 fully saturated rings. The van der Waals surface area contributed by atoms with Gasteiger partial charge in [-0.1, -0.05) is 12.1 Å². The maximum Gasteiger partial charge on any atom is 0.241 e. The highest BCUT2D eigenvalue weighted by Crippen LogP contribution is 2.27. The van der Waals surface area contributed by atoms with Crippen LogP contribution in [-0.4, -0.2) is 47.3 Å².